The van der Waals surface area contributed by atoms with Crippen molar-refractivity contribution in [3.05, 3.63) is 76.4 Å². The monoisotopic (exact) mass is 456 g/mol. The molecule has 2 aromatic carbocycles. The van der Waals surface area contributed by atoms with Crippen LogP contribution in [0.1, 0.15) is 32.9 Å². The number of aryl methyl sites for hydroxylation is 2. The lowest BCUT2D eigenvalue weighted by Crippen LogP contribution is -2.31. The van der Waals surface area contributed by atoms with E-state index in [9.17, 15) is 14.0 Å². The topological polar surface area (TPSA) is 91.1 Å². The number of esters is 1. The van der Waals surface area contributed by atoms with Crippen molar-refractivity contribution >= 4 is 11.9 Å². The summed E-state index contributed by atoms with van der Waals surface area (Å²) in [5, 5.41) is 3.88. The molecule has 0 fully saturated rings. The summed E-state index contributed by atoms with van der Waals surface area (Å²) in [6.45, 7) is 3.44. The second kappa shape index (κ2) is 10.6. The van der Waals surface area contributed by atoms with E-state index in [0.29, 0.717) is 22.8 Å². The van der Waals surface area contributed by atoms with Gasteiger partial charge in [0.25, 0.3) is 5.91 Å². The number of likely N-dealkylation sites (N-methyl/N-ethyl adjacent to an activating group) is 1. The lowest BCUT2D eigenvalue weighted by molar-refractivity contribution is -0.133. The molecule has 0 saturated carbocycles. The Bertz CT molecular complexity index is 1120. The van der Waals surface area contributed by atoms with Crippen molar-refractivity contribution in [1.82, 2.24) is 10.1 Å². The Hall–Kier alpha value is -3.88. The van der Waals surface area contributed by atoms with Gasteiger partial charge in [-0.2, -0.15) is 0 Å². The average molecular weight is 456 g/mol. The van der Waals surface area contributed by atoms with Crippen molar-refractivity contribution in [2.24, 2.45) is 0 Å². The van der Waals surface area contributed by atoms with Gasteiger partial charge < -0.3 is 23.6 Å². The highest BCUT2D eigenvalue weighted by Crippen LogP contribution is 2.22. The molecule has 0 atom stereocenters. The fourth-order valence-electron chi connectivity index (χ4n) is 3.10. The lowest BCUT2D eigenvalue weighted by atomic mass is 10.2. The number of halogens is 1. The summed E-state index contributed by atoms with van der Waals surface area (Å²) < 4.78 is 34.9. The number of carbonyl (C=O) groups excluding carboxylic acids is 2. The summed E-state index contributed by atoms with van der Waals surface area (Å²) in [5.41, 5.74) is 2.27. The van der Waals surface area contributed by atoms with E-state index in [0.717, 1.165) is 5.56 Å². The maximum atomic E-state index is 13.9. The number of hydrogen-bond donors (Lipinski definition) is 0. The predicted molar refractivity (Wildman–Crippen MR) is 116 cm³/mol. The lowest BCUT2D eigenvalue weighted by Gasteiger charge is -2.18. The largest absolute Gasteiger partial charge is 0.494 e. The minimum Gasteiger partial charge on any atom is -0.494 e. The normalized spacial score (nSPS) is 10.6. The maximum absolute atomic E-state index is 13.9. The summed E-state index contributed by atoms with van der Waals surface area (Å²) in [7, 11) is 2.92. The molecule has 0 unspecified atom stereocenters. The van der Waals surface area contributed by atoms with Crippen LogP contribution in [0.5, 0.6) is 11.5 Å². The van der Waals surface area contributed by atoms with Crippen LogP contribution in [0.25, 0.3) is 0 Å². The minimum atomic E-state index is -0.693. The van der Waals surface area contributed by atoms with Crippen LogP contribution in [0.2, 0.25) is 0 Å². The summed E-state index contributed by atoms with van der Waals surface area (Å²) in [6.07, 6.45) is 0. The van der Waals surface area contributed by atoms with Gasteiger partial charge in [0.15, 0.2) is 18.2 Å². The van der Waals surface area contributed by atoms with Gasteiger partial charge in [0, 0.05) is 13.6 Å². The first-order valence-electron chi connectivity index (χ1n) is 10.2. The number of benzene rings is 2. The van der Waals surface area contributed by atoms with Crippen LogP contribution < -0.4 is 9.47 Å². The SMILES string of the molecule is COc1ccc(CN(C)C(=O)COC(=O)c2ccccc2OCc2c(C)noc2C)cc1F. The third-order valence-corrected chi connectivity index (χ3v) is 5.05. The fraction of sp³-hybridized carbons (Fsp3) is 0.292. The summed E-state index contributed by atoms with van der Waals surface area (Å²) >= 11 is 0. The molecule has 3 aromatic rings. The molecule has 0 radical (unpaired) electrons. The van der Waals surface area contributed by atoms with Crippen molar-refractivity contribution in [1.29, 1.82) is 0 Å². The van der Waals surface area contributed by atoms with Crippen molar-refractivity contribution < 1.29 is 32.7 Å². The molecule has 1 heterocycles. The molecule has 1 amide bonds. The Morgan fingerprint density at radius 2 is 1.88 bits per heavy atom. The Balaban J connectivity index is 1.58. The standard InChI is InChI=1S/C24H25FN2O6/c1-15-19(16(2)33-26-15)13-31-21-8-6-5-7-18(21)24(29)32-14-23(28)27(3)12-17-9-10-22(30-4)20(25)11-17/h5-11H,12-14H2,1-4H3. The maximum Gasteiger partial charge on any atom is 0.342 e. The third-order valence-electron chi connectivity index (χ3n) is 5.05. The number of nitrogens with zero attached hydrogens (tertiary/aromatic N) is 2. The molecule has 0 bridgehead atoms. The Kier molecular flexibility index (Phi) is 7.66. The van der Waals surface area contributed by atoms with Gasteiger partial charge in [-0.3, -0.25) is 4.79 Å². The number of para-hydroxylation sites is 1. The molecular weight excluding hydrogens is 431 g/mol. The number of carbonyl (C=O) groups is 2. The first-order valence-corrected chi connectivity index (χ1v) is 10.2. The molecule has 0 aliphatic rings. The Labute approximate surface area is 190 Å². The van der Waals surface area contributed by atoms with E-state index in [1.165, 1.54) is 24.1 Å². The van der Waals surface area contributed by atoms with Gasteiger partial charge >= 0.3 is 5.97 Å². The smallest absolute Gasteiger partial charge is 0.342 e. The van der Waals surface area contributed by atoms with E-state index in [1.54, 1.807) is 51.2 Å². The zero-order valence-electron chi connectivity index (χ0n) is 18.9. The second-order valence-corrected chi connectivity index (χ2v) is 7.38. The highest BCUT2D eigenvalue weighted by molar-refractivity contribution is 5.94. The number of rotatable bonds is 9. The highest BCUT2D eigenvalue weighted by Gasteiger charge is 2.18. The molecular formula is C24H25FN2O6. The number of hydrogen-bond acceptors (Lipinski definition) is 7. The van der Waals surface area contributed by atoms with E-state index in [1.807, 2.05) is 0 Å². The van der Waals surface area contributed by atoms with Crippen molar-refractivity contribution in [3.63, 3.8) is 0 Å². The van der Waals surface area contributed by atoms with Gasteiger partial charge in [-0.1, -0.05) is 23.4 Å². The van der Waals surface area contributed by atoms with E-state index in [2.05, 4.69) is 5.16 Å². The van der Waals surface area contributed by atoms with Gasteiger partial charge in [0.2, 0.25) is 0 Å². The van der Waals surface area contributed by atoms with Crippen LogP contribution >= 0.6 is 0 Å². The minimum absolute atomic E-state index is 0.122. The van der Waals surface area contributed by atoms with E-state index >= 15 is 0 Å². The molecule has 174 valence electrons. The molecule has 0 saturated heterocycles. The number of amides is 1. The van der Waals surface area contributed by atoms with Crippen LogP contribution in [0, 0.1) is 19.7 Å². The van der Waals surface area contributed by atoms with Crippen LogP contribution in [-0.2, 0) is 22.7 Å². The molecule has 33 heavy (non-hydrogen) atoms. The highest BCUT2D eigenvalue weighted by atomic mass is 19.1. The van der Waals surface area contributed by atoms with Crippen molar-refractivity contribution in [2.75, 3.05) is 20.8 Å². The fourth-order valence-corrected chi connectivity index (χ4v) is 3.10. The summed E-state index contributed by atoms with van der Waals surface area (Å²) in [6, 6.07) is 11.0. The molecule has 0 aliphatic carbocycles. The van der Waals surface area contributed by atoms with Crippen molar-refractivity contribution in [3.8, 4) is 11.5 Å². The predicted octanol–water partition coefficient (Wildman–Crippen LogP) is 3.83. The summed E-state index contributed by atoms with van der Waals surface area (Å²) in [4.78, 5) is 26.3. The third kappa shape index (κ3) is 5.88. The number of methoxy groups -OCH3 is 1. The van der Waals surface area contributed by atoms with Crippen molar-refractivity contribution in [2.45, 2.75) is 27.0 Å². The second-order valence-electron chi connectivity index (χ2n) is 7.38. The first-order chi connectivity index (χ1) is 15.8. The van der Waals surface area contributed by atoms with Gasteiger partial charge in [-0.25, -0.2) is 9.18 Å². The number of ether oxygens (including phenoxy) is 3. The van der Waals surface area contributed by atoms with Crippen LogP contribution in [0.15, 0.2) is 47.0 Å². The average Bonchev–Trinajstić information content (AvgIpc) is 3.13. The van der Waals surface area contributed by atoms with Crippen LogP contribution in [0.4, 0.5) is 4.39 Å². The van der Waals surface area contributed by atoms with Crippen LogP contribution in [0.3, 0.4) is 0 Å². The van der Waals surface area contributed by atoms with E-state index < -0.39 is 24.3 Å². The quantitative estimate of drug-likeness (QED) is 0.452. The summed E-state index contributed by atoms with van der Waals surface area (Å²) in [5.74, 6) is -0.572. The molecule has 0 aliphatic heterocycles. The molecule has 8 nitrogen and oxygen atoms in total. The Morgan fingerprint density at radius 1 is 1.12 bits per heavy atom. The van der Waals surface area contributed by atoms with Gasteiger partial charge in [-0.05, 0) is 43.7 Å². The van der Waals surface area contributed by atoms with Gasteiger partial charge in [0.1, 0.15) is 23.7 Å². The molecule has 9 heteroatoms. The molecule has 1 aromatic heterocycles. The van der Waals surface area contributed by atoms with Crippen LogP contribution in [-0.4, -0.2) is 42.7 Å². The zero-order valence-corrected chi connectivity index (χ0v) is 18.9. The van der Waals surface area contributed by atoms with Gasteiger partial charge in [-0.15, -0.1) is 0 Å². The molecule has 0 N–H and O–H groups in total. The Morgan fingerprint density at radius 3 is 2.55 bits per heavy atom. The zero-order chi connectivity index (χ0) is 24.0. The number of aromatic nitrogens is 1. The molecule has 0 spiro atoms. The molecule has 3 rings (SSSR count). The first kappa shape index (κ1) is 23.8. The van der Waals surface area contributed by atoms with E-state index in [4.69, 9.17) is 18.7 Å². The van der Waals surface area contributed by atoms with Gasteiger partial charge in [0.05, 0.1) is 18.4 Å². The van der Waals surface area contributed by atoms with E-state index in [-0.39, 0.29) is 24.5 Å².